The average molecular weight is 701 g/mol. The molecule has 3 heterocycles. The first kappa shape index (κ1) is 30.7. The highest BCUT2D eigenvalue weighted by Gasteiger charge is 2.20. The van der Waals surface area contributed by atoms with Gasteiger partial charge in [-0.15, -0.1) is 0 Å². The van der Waals surface area contributed by atoms with E-state index in [4.69, 9.17) is 17.6 Å². The summed E-state index contributed by atoms with van der Waals surface area (Å²) in [6.45, 7) is 15.9. The Morgan fingerprint density at radius 1 is 0.400 bits per heavy atom. The molecule has 0 unspecified atom stereocenters. The lowest BCUT2D eigenvalue weighted by atomic mass is 9.93. The number of nitrogens with zero attached hydrogens (tertiary/aromatic N) is 4. The maximum absolute atomic E-state index is 8.11. The Hall–Kier alpha value is -7.86. The van der Waals surface area contributed by atoms with E-state index in [1.54, 1.807) is 0 Å². The first-order valence-corrected chi connectivity index (χ1v) is 18.2. The van der Waals surface area contributed by atoms with Gasteiger partial charge in [-0.3, -0.25) is 0 Å². The molecule has 55 heavy (non-hydrogen) atoms. The highest BCUT2D eigenvalue weighted by atomic mass is 16.3. The van der Waals surface area contributed by atoms with Crippen molar-refractivity contribution in [2.75, 3.05) is 0 Å². The second-order valence-corrected chi connectivity index (χ2v) is 13.9. The van der Waals surface area contributed by atoms with Gasteiger partial charge < -0.3 is 13.6 Å². The van der Waals surface area contributed by atoms with Gasteiger partial charge in [-0.25, -0.2) is 9.69 Å². The molecule has 0 saturated heterocycles. The standard InChI is InChI=1S/C50H28N4O/c1-51-33-22-24-46-43(30-33)49-47(25-23-42-41-18-7-10-21-48(41)55-50(42)49)53(46)35-13-11-12-31(27-35)37-14-3-4-15-38(37)32-26-34(52-2)29-36(28-32)54-44-19-8-5-16-39(44)40-17-6-9-20-45(40)54/h3-30H. The van der Waals surface area contributed by atoms with Gasteiger partial charge in [-0.2, -0.15) is 0 Å². The molecule has 0 aliphatic rings. The van der Waals surface area contributed by atoms with Crippen LogP contribution in [0.1, 0.15) is 0 Å². The van der Waals surface area contributed by atoms with Crippen molar-refractivity contribution in [1.29, 1.82) is 0 Å². The lowest BCUT2D eigenvalue weighted by molar-refractivity contribution is 0.673. The Balaban J connectivity index is 1.11. The first-order chi connectivity index (χ1) is 27.2. The number of aromatic nitrogens is 2. The van der Waals surface area contributed by atoms with Gasteiger partial charge in [0.05, 0.1) is 35.2 Å². The van der Waals surface area contributed by atoms with Crippen LogP contribution in [0.4, 0.5) is 11.4 Å². The van der Waals surface area contributed by atoms with Crippen molar-refractivity contribution in [1.82, 2.24) is 9.13 Å². The van der Waals surface area contributed by atoms with E-state index in [1.807, 2.05) is 48.5 Å². The summed E-state index contributed by atoms with van der Waals surface area (Å²) in [5.74, 6) is 0. The van der Waals surface area contributed by atoms with Crippen LogP contribution in [0, 0.1) is 13.1 Å². The maximum Gasteiger partial charge on any atom is 0.189 e. The molecule has 5 heteroatoms. The summed E-state index contributed by atoms with van der Waals surface area (Å²) in [5.41, 5.74) is 13.1. The average Bonchev–Trinajstić information content (AvgIpc) is 3.91. The third-order valence-electron chi connectivity index (χ3n) is 10.9. The van der Waals surface area contributed by atoms with E-state index in [0.29, 0.717) is 11.4 Å². The molecule has 0 radical (unpaired) electrons. The summed E-state index contributed by atoms with van der Waals surface area (Å²) in [6.07, 6.45) is 0. The van der Waals surface area contributed by atoms with Gasteiger partial charge in [0.15, 0.2) is 11.4 Å². The van der Waals surface area contributed by atoms with Gasteiger partial charge in [0.25, 0.3) is 0 Å². The van der Waals surface area contributed by atoms with Gasteiger partial charge in [0.2, 0.25) is 0 Å². The van der Waals surface area contributed by atoms with Crippen LogP contribution < -0.4 is 0 Å². The van der Waals surface area contributed by atoms with E-state index < -0.39 is 0 Å². The molecule has 0 fully saturated rings. The minimum absolute atomic E-state index is 0.582. The molecule has 0 spiro atoms. The number of hydrogen-bond donors (Lipinski definition) is 0. The zero-order chi connectivity index (χ0) is 36.6. The number of para-hydroxylation sites is 3. The second-order valence-electron chi connectivity index (χ2n) is 13.9. The molecule has 0 saturated carbocycles. The number of benzene rings is 8. The number of furan rings is 1. The molecule has 0 aliphatic carbocycles. The van der Waals surface area contributed by atoms with Crippen LogP contribution in [0.3, 0.4) is 0 Å². The highest BCUT2D eigenvalue weighted by molar-refractivity contribution is 6.24. The van der Waals surface area contributed by atoms with Crippen LogP contribution in [0.25, 0.3) is 109 Å². The number of rotatable bonds is 4. The fourth-order valence-electron chi connectivity index (χ4n) is 8.57. The van der Waals surface area contributed by atoms with Crippen LogP contribution in [-0.2, 0) is 0 Å². The molecule has 11 aromatic rings. The van der Waals surface area contributed by atoms with Crippen LogP contribution in [0.2, 0.25) is 0 Å². The summed E-state index contributed by atoms with van der Waals surface area (Å²) in [7, 11) is 0. The van der Waals surface area contributed by atoms with Crippen molar-refractivity contribution in [3.63, 3.8) is 0 Å². The molecular weight excluding hydrogens is 673 g/mol. The molecule has 0 N–H and O–H groups in total. The zero-order valence-corrected chi connectivity index (χ0v) is 29.4. The number of fused-ring (bicyclic) bond motifs is 10. The van der Waals surface area contributed by atoms with E-state index in [2.05, 4.69) is 140 Å². The van der Waals surface area contributed by atoms with E-state index in [0.717, 1.165) is 88.4 Å². The number of hydrogen-bond acceptors (Lipinski definition) is 1. The zero-order valence-electron chi connectivity index (χ0n) is 29.4. The second kappa shape index (κ2) is 11.8. The molecule has 5 nitrogen and oxygen atoms in total. The van der Waals surface area contributed by atoms with Gasteiger partial charge in [0, 0.05) is 43.7 Å². The van der Waals surface area contributed by atoms with Crippen molar-refractivity contribution < 1.29 is 4.42 Å². The fourth-order valence-corrected chi connectivity index (χ4v) is 8.57. The molecule has 0 aliphatic heterocycles. The van der Waals surface area contributed by atoms with Crippen LogP contribution in [0.5, 0.6) is 0 Å². The Morgan fingerprint density at radius 3 is 1.78 bits per heavy atom. The fraction of sp³-hybridized carbons (Fsp3) is 0. The third-order valence-corrected chi connectivity index (χ3v) is 10.9. The molecule has 11 rings (SSSR count). The third kappa shape index (κ3) is 4.58. The van der Waals surface area contributed by atoms with Crippen molar-refractivity contribution >= 4 is 76.9 Å². The predicted molar refractivity (Wildman–Crippen MR) is 226 cm³/mol. The molecule has 8 aromatic carbocycles. The molecule has 0 atom stereocenters. The molecule has 0 bridgehead atoms. The first-order valence-electron chi connectivity index (χ1n) is 18.2. The largest absolute Gasteiger partial charge is 0.455 e. The van der Waals surface area contributed by atoms with Crippen LogP contribution >= 0.6 is 0 Å². The Morgan fingerprint density at radius 2 is 1.02 bits per heavy atom. The molecule has 3 aromatic heterocycles. The van der Waals surface area contributed by atoms with Crippen LogP contribution in [0.15, 0.2) is 174 Å². The van der Waals surface area contributed by atoms with Gasteiger partial charge >= 0.3 is 0 Å². The molecular formula is C50H28N4O. The SMILES string of the molecule is [C-]#[N+]c1cc(-c2ccccc2-c2cccc(-n3c4ccc([N+]#[C-])cc4c4c5oc6ccccc6c5ccc43)c2)cc(-n2c3ccccc3c3ccccc32)c1. The predicted octanol–water partition coefficient (Wildman–Crippen LogP) is 14.2. The summed E-state index contributed by atoms with van der Waals surface area (Å²) < 4.78 is 11.1. The minimum Gasteiger partial charge on any atom is -0.455 e. The Labute approximate surface area is 315 Å². The summed E-state index contributed by atoms with van der Waals surface area (Å²) in [5, 5.41) is 6.47. The smallest absolute Gasteiger partial charge is 0.189 e. The maximum atomic E-state index is 8.11. The van der Waals surface area contributed by atoms with Crippen LogP contribution in [-0.4, -0.2) is 9.13 Å². The Bertz CT molecular complexity index is 3420. The van der Waals surface area contributed by atoms with Gasteiger partial charge in [0.1, 0.15) is 11.2 Å². The molecule has 254 valence electrons. The van der Waals surface area contributed by atoms with Gasteiger partial charge in [-0.1, -0.05) is 97.1 Å². The van der Waals surface area contributed by atoms with Crippen molar-refractivity contribution in [3.8, 4) is 33.6 Å². The van der Waals surface area contributed by atoms with Crippen molar-refractivity contribution in [3.05, 3.63) is 193 Å². The van der Waals surface area contributed by atoms with E-state index in [9.17, 15) is 0 Å². The molecule has 0 amide bonds. The topological polar surface area (TPSA) is 31.7 Å². The quantitative estimate of drug-likeness (QED) is 0.168. The minimum atomic E-state index is 0.582. The van der Waals surface area contributed by atoms with Gasteiger partial charge in [-0.05, 0) is 95.1 Å². The van der Waals surface area contributed by atoms with E-state index in [1.165, 1.54) is 10.8 Å². The lowest BCUT2D eigenvalue weighted by Crippen LogP contribution is -1.96. The van der Waals surface area contributed by atoms with Crippen molar-refractivity contribution in [2.45, 2.75) is 0 Å². The summed E-state index contributed by atoms with van der Waals surface area (Å²) >= 11 is 0. The lowest BCUT2D eigenvalue weighted by Gasteiger charge is -2.15. The summed E-state index contributed by atoms with van der Waals surface area (Å²) in [6, 6.07) is 58.5. The normalized spacial score (nSPS) is 11.6. The highest BCUT2D eigenvalue weighted by Crippen LogP contribution is 2.43. The van der Waals surface area contributed by atoms with E-state index >= 15 is 0 Å². The van der Waals surface area contributed by atoms with E-state index in [-0.39, 0.29) is 0 Å². The monoisotopic (exact) mass is 700 g/mol. The van der Waals surface area contributed by atoms with Crippen molar-refractivity contribution in [2.24, 2.45) is 0 Å². The summed E-state index contributed by atoms with van der Waals surface area (Å²) in [4.78, 5) is 7.73. The Kier molecular flexibility index (Phi) is 6.61.